The summed E-state index contributed by atoms with van der Waals surface area (Å²) in [5.74, 6) is 0.342. The zero-order valence-electron chi connectivity index (χ0n) is 10.3. The average Bonchev–Trinajstić information content (AvgIpc) is 2.39. The van der Waals surface area contributed by atoms with Gasteiger partial charge in [-0.05, 0) is 36.4 Å². The second-order valence-corrected chi connectivity index (χ2v) is 5.36. The molecule has 0 bridgehead atoms. The Balaban J connectivity index is 2.24. The van der Waals surface area contributed by atoms with Crippen molar-refractivity contribution in [1.29, 1.82) is 5.41 Å². The van der Waals surface area contributed by atoms with Crippen LogP contribution < -0.4 is 10.5 Å². The predicted octanol–water partition coefficient (Wildman–Crippen LogP) is 4.51. The quantitative estimate of drug-likeness (QED) is 0.640. The molecule has 0 unspecified atom stereocenters. The van der Waals surface area contributed by atoms with E-state index in [1.54, 1.807) is 36.4 Å². The van der Waals surface area contributed by atoms with Crippen LogP contribution in [0.3, 0.4) is 0 Å². The zero-order chi connectivity index (χ0) is 14.7. The Labute approximate surface area is 131 Å². The number of hydrogen-bond donors (Lipinski definition) is 2. The number of ether oxygens (including phenoxy) is 1. The van der Waals surface area contributed by atoms with E-state index < -0.39 is 0 Å². The molecule has 2 aromatic rings. The summed E-state index contributed by atoms with van der Waals surface area (Å²) in [6.07, 6.45) is 0. The first kappa shape index (κ1) is 15.0. The molecule has 6 heteroatoms. The largest absolute Gasteiger partial charge is 0.488 e. The van der Waals surface area contributed by atoms with Gasteiger partial charge >= 0.3 is 0 Å². The molecule has 0 spiro atoms. The summed E-state index contributed by atoms with van der Waals surface area (Å²) in [4.78, 5) is 0. The summed E-state index contributed by atoms with van der Waals surface area (Å²) in [5.41, 5.74) is 6.72. The fourth-order valence-electron chi connectivity index (χ4n) is 1.65. The van der Waals surface area contributed by atoms with E-state index in [-0.39, 0.29) is 12.4 Å². The molecule has 0 heterocycles. The van der Waals surface area contributed by atoms with Crippen LogP contribution in [0, 0.1) is 5.41 Å². The predicted molar refractivity (Wildman–Crippen MR) is 83.3 cm³/mol. The van der Waals surface area contributed by atoms with Crippen molar-refractivity contribution in [3.8, 4) is 5.75 Å². The summed E-state index contributed by atoms with van der Waals surface area (Å²) < 4.78 is 5.65. The standard InChI is InChI=1S/C14H11Cl3N2O/c15-9-2-4-12(17)8(5-9)7-20-13-6-10(16)1-3-11(13)14(18)19/h1-6H,7H2,(H3,18,19). The molecule has 2 rings (SSSR count). The maximum Gasteiger partial charge on any atom is 0.132 e. The van der Waals surface area contributed by atoms with Gasteiger partial charge in [-0.25, -0.2) is 0 Å². The molecule has 0 saturated carbocycles. The van der Waals surface area contributed by atoms with E-state index in [0.29, 0.717) is 26.4 Å². The van der Waals surface area contributed by atoms with Gasteiger partial charge in [-0.3, -0.25) is 5.41 Å². The molecule has 3 N–H and O–H groups in total. The topological polar surface area (TPSA) is 59.1 Å². The van der Waals surface area contributed by atoms with Crippen LogP contribution in [-0.2, 0) is 6.61 Å². The van der Waals surface area contributed by atoms with Crippen LogP contribution in [0.4, 0.5) is 0 Å². The Bertz CT molecular complexity index is 659. The Morgan fingerprint density at radius 1 is 1.05 bits per heavy atom. The van der Waals surface area contributed by atoms with Crippen LogP contribution in [0.5, 0.6) is 5.75 Å². The lowest BCUT2D eigenvalue weighted by Gasteiger charge is -2.12. The summed E-state index contributed by atoms with van der Waals surface area (Å²) in [5, 5.41) is 9.15. The van der Waals surface area contributed by atoms with Crippen molar-refractivity contribution >= 4 is 40.6 Å². The van der Waals surface area contributed by atoms with Crippen LogP contribution in [0.1, 0.15) is 11.1 Å². The third kappa shape index (κ3) is 3.57. The number of rotatable bonds is 4. The second-order valence-electron chi connectivity index (χ2n) is 4.08. The second kappa shape index (κ2) is 6.35. The molecular weight excluding hydrogens is 319 g/mol. The number of benzene rings is 2. The van der Waals surface area contributed by atoms with Crippen LogP contribution in [0.15, 0.2) is 36.4 Å². The first-order valence-electron chi connectivity index (χ1n) is 5.68. The van der Waals surface area contributed by atoms with Crippen molar-refractivity contribution in [3.05, 3.63) is 62.6 Å². The van der Waals surface area contributed by atoms with Crippen molar-refractivity contribution < 1.29 is 4.74 Å². The van der Waals surface area contributed by atoms with Crippen LogP contribution in [0.2, 0.25) is 15.1 Å². The highest BCUT2D eigenvalue weighted by Crippen LogP contribution is 2.26. The number of hydrogen-bond acceptors (Lipinski definition) is 2. The molecule has 104 valence electrons. The number of halogens is 3. The normalized spacial score (nSPS) is 10.3. The van der Waals surface area contributed by atoms with Crippen molar-refractivity contribution in [3.63, 3.8) is 0 Å². The van der Waals surface area contributed by atoms with Gasteiger partial charge < -0.3 is 10.5 Å². The van der Waals surface area contributed by atoms with Gasteiger partial charge in [0.25, 0.3) is 0 Å². The average molecular weight is 330 g/mol. The zero-order valence-corrected chi connectivity index (χ0v) is 12.6. The monoisotopic (exact) mass is 328 g/mol. The van der Waals surface area contributed by atoms with Crippen molar-refractivity contribution in [2.24, 2.45) is 5.73 Å². The van der Waals surface area contributed by atoms with E-state index in [1.165, 1.54) is 0 Å². The molecule has 0 fully saturated rings. The third-order valence-electron chi connectivity index (χ3n) is 2.62. The summed E-state index contributed by atoms with van der Waals surface area (Å²) in [6.45, 7) is 0.208. The van der Waals surface area contributed by atoms with Gasteiger partial charge in [-0.1, -0.05) is 34.8 Å². The Hall–Kier alpha value is -1.42. The Kier molecular flexibility index (Phi) is 4.76. The minimum absolute atomic E-state index is 0.0890. The number of amidine groups is 1. The van der Waals surface area contributed by atoms with Crippen LogP contribution in [0.25, 0.3) is 0 Å². The highest BCUT2D eigenvalue weighted by atomic mass is 35.5. The van der Waals surface area contributed by atoms with Gasteiger partial charge in [-0.15, -0.1) is 0 Å². The first-order chi connectivity index (χ1) is 9.47. The molecule has 0 aliphatic heterocycles. The van der Waals surface area contributed by atoms with Gasteiger partial charge in [0, 0.05) is 20.6 Å². The van der Waals surface area contributed by atoms with Crippen molar-refractivity contribution in [1.82, 2.24) is 0 Å². The summed E-state index contributed by atoms with van der Waals surface area (Å²) in [7, 11) is 0. The smallest absolute Gasteiger partial charge is 0.132 e. The lowest BCUT2D eigenvalue weighted by molar-refractivity contribution is 0.305. The highest BCUT2D eigenvalue weighted by molar-refractivity contribution is 6.33. The van der Waals surface area contributed by atoms with Gasteiger partial charge in [-0.2, -0.15) is 0 Å². The van der Waals surface area contributed by atoms with Crippen LogP contribution >= 0.6 is 34.8 Å². The third-order valence-corrected chi connectivity index (χ3v) is 3.46. The van der Waals surface area contributed by atoms with Crippen LogP contribution in [-0.4, -0.2) is 5.84 Å². The van der Waals surface area contributed by atoms with Gasteiger partial charge in [0.05, 0.1) is 5.56 Å². The summed E-state index contributed by atoms with van der Waals surface area (Å²) >= 11 is 17.9. The molecule has 3 nitrogen and oxygen atoms in total. The van der Waals surface area contributed by atoms with E-state index in [2.05, 4.69) is 0 Å². The van der Waals surface area contributed by atoms with E-state index in [4.69, 9.17) is 50.7 Å². The molecule has 2 aromatic carbocycles. The molecule has 0 aliphatic rings. The van der Waals surface area contributed by atoms with E-state index >= 15 is 0 Å². The Morgan fingerprint density at radius 3 is 2.40 bits per heavy atom. The highest BCUT2D eigenvalue weighted by Gasteiger charge is 2.09. The molecule has 0 saturated heterocycles. The first-order valence-corrected chi connectivity index (χ1v) is 6.81. The minimum atomic E-state index is -0.0890. The maximum atomic E-state index is 7.51. The fraction of sp³-hybridized carbons (Fsp3) is 0.0714. The Morgan fingerprint density at radius 2 is 1.70 bits per heavy atom. The SMILES string of the molecule is N=C(N)c1ccc(Cl)cc1OCc1cc(Cl)ccc1Cl. The molecule has 0 aromatic heterocycles. The maximum absolute atomic E-state index is 7.51. The van der Waals surface area contributed by atoms with Crippen molar-refractivity contribution in [2.45, 2.75) is 6.61 Å². The molecule has 0 radical (unpaired) electrons. The molecular formula is C14H11Cl3N2O. The van der Waals surface area contributed by atoms with E-state index in [1.807, 2.05) is 0 Å². The van der Waals surface area contributed by atoms with Crippen molar-refractivity contribution in [2.75, 3.05) is 0 Å². The fourth-order valence-corrected chi connectivity index (χ4v) is 2.18. The summed E-state index contributed by atoms with van der Waals surface area (Å²) in [6, 6.07) is 10.0. The molecule has 0 atom stereocenters. The van der Waals surface area contributed by atoms with E-state index in [9.17, 15) is 0 Å². The molecule has 20 heavy (non-hydrogen) atoms. The number of nitrogens with two attached hydrogens (primary N) is 1. The number of nitrogens with one attached hydrogen (secondary N) is 1. The minimum Gasteiger partial charge on any atom is -0.488 e. The van der Waals surface area contributed by atoms with E-state index in [0.717, 1.165) is 5.56 Å². The van der Waals surface area contributed by atoms with Gasteiger partial charge in [0.1, 0.15) is 18.2 Å². The van der Waals surface area contributed by atoms with Gasteiger partial charge in [0.15, 0.2) is 0 Å². The molecule has 0 aliphatic carbocycles. The van der Waals surface area contributed by atoms with Gasteiger partial charge in [0.2, 0.25) is 0 Å². The lowest BCUT2D eigenvalue weighted by Crippen LogP contribution is -2.13. The lowest BCUT2D eigenvalue weighted by atomic mass is 10.2. The number of nitrogen functional groups attached to an aromatic ring is 1. The molecule has 0 amide bonds.